The van der Waals surface area contributed by atoms with Gasteiger partial charge in [0, 0.05) is 18.3 Å². The second kappa shape index (κ2) is 8.02. The number of aromatic nitrogens is 4. The Bertz CT molecular complexity index is 859. The molecule has 0 fully saturated rings. The molecule has 2 N–H and O–H groups in total. The van der Waals surface area contributed by atoms with Crippen molar-refractivity contribution in [1.82, 2.24) is 25.1 Å². The summed E-state index contributed by atoms with van der Waals surface area (Å²) in [6.07, 6.45) is 2.65. The lowest BCUT2D eigenvalue weighted by Gasteiger charge is -2.08. The van der Waals surface area contributed by atoms with Gasteiger partial charge in [-0.3, -0.25) is 0 Å². The van der Waals surface area contributed by atoms with Gasteiger partial charge in [0.05, 0.1) is 6.54 Å². The fourth-order valence-corrected chi connectivity index (χ4v) is 2.90. The fourth-order valence-electron chi connectivity index (χ4n) is 2.34. The molecule has 0 bridgehead atoms. The first kappa shape index (κ1) is 17.3. The minimum absolute atomic E-state index is 0.312. The molecule has 9 heteroatoms. The van der Waals surface area contributed by atoms with E-state index in [4.69, 9.17) is 4.42 Å². The summed E-state index contributed by atoms with van der Waals surface area (Å²) in [6, 6.07) is 5.07. The highest BCUT2D eigenvalue weighted by Gasteiger charge is 2.09. The second-order valence-corrected chi connectivity index (χ2v) is 6.56. The monoisotopic (exact) mass is 360 g/mol. The van der Waals surface area contributed by atoms with Gasteiger partial charge >= 0.3 is 6.03 Å². The summed E-state index contributed by atoms with van der Waals surface area (Å²) in [5, 5.41) is 14.1. The van der Waals surface area contributed by atoms with Crippen molar-refractivity contribution >= 4 is 34.6 Å². The van der Waals surface area contributed by atoms with Crippen molar-refractivity contribution in [3.05, 3.63) is 30.4 Å². The van der Waals surface area contributed by atoms with Crippen LogP contribution < -0.4 is 10.6 Å². The topological polar surface area (TPSA) is 97.9 Å². The van der Waals surface area contributed by atoms with Gasteiger partial charge in [0.15, 0.2) is 11.4 Å². The number of amides is 2. The standard InChI is InChI=1S/C16H20N6O2S/c1-3-7-22-10-18-21-14(22)9-17-15(23)19-11-5-6-12-13(8-11)24-16(20-12)25-4-2/h5-6,8,10H,3-4,7,9H2,1-2H3,(H2,17,19,23). The molecule has 2 aromatic heterocycles. The van der Waals surface area contributed by atoms with E-state index in [-0.39, 0.29) is 6.03 Å². The minimum Gasteiger partial charge on any atom is -0.431 e. The number of carbonyl (C=O) groups excluding carboxylic acids is 1. The molecule has 0 aliphatic carbocycles. The molecule has 0 atom stereocenters. The zero-order valence-corrected chi connectivity index (χ0v) is 15.0. The number of hydrogen-bond donors (Lipinski definition) is 2. The third-order valence-corrected chi connectivity index (χ3v) is 4.17. The van der Waals surface area contributed by atoms with Gasteiger partial charge < -0.3 is 19.6 Å². The summed E-state index contributed by atoms with van der Waals surface area (Å²) in [5.74, 6) is 1.62. The molecule has 3 aromatic rings. The second-order valence-electron chi connectivity index (χ2n) is 5.34. The molecule has 25 heavy (non-hydrogen) atoms. The van der Waals surface area contributed by atoms with Crippen molar-refractivity contribution in [3.8, 4) is 0 Å². The van der Waals surface area contributed by atoms with Crippen molar-refractivity contribution in [2.24, 2.45) is 0 Å². The van der Waals surface area contributed by atoms with Crippen LogP contribution in [0.15, 0.2) is 34.2 Å². The summed E-state index contributed by atoms with van der Waals surface area (Å²) < 4.78 is 7.58. The lowest BCUT2D eigenvalue weighted by Crippen LogP contribution is -2.29. The Morgan fingerprint density at radius 3 is 3.04 bits per heavy atom. The number of anilines is 1. The van der Waals surface area contributed by atoms with Crippen LogP contribution in [0.5, 0.6) is 0 Å². The molecule has 0 saturated heterocycles. The first-order valence-corrected chi connectivity index (χ1v) is 9.13. The molecule has 0 saturated carbocycles. The van der Waals surface area contributed by atoms with Gasteiger partial charge in [0.2, 0.25) is 0 Å². The highest BCUT2D eigenvalue weighted by molar-refractivity contribution is 7.99. The number of nitrogens with zero attached hydrogens (tertiary/aromatic N) is 4. The van der Waals surface area contributed by atoms with E-state index in [1.54, 1.807) is 18.5 Å². The Hall–Kier alpha value is -2.55. The summed E-state index contributed by atoms with van der Waals surface area (Å²) in [6.45, 7) is 5.26. The number of aryl methyl sites for hydroxylation is 1. The van der Waals surface area contributed by atoms with Crippen molar-refractivity contribution in [3.63, 3.8) is 0 Å². The number of benzene rings is 1. The minimum atomic E-state index is -0.312. The highest BCUT2D eigenvalue weighted by atomic mass is 32.2. The molecular formula is C16H20N6O2S. The van der Waals surface area contributed by atoms with Crippen LogP contribution in [0, 0.1) is 0 Å². The maximum absolute atomic E-state index is 12.1. The predicted octanol–water partition coefficient (Wildman–Crippen LogP) is 3.26. The van der Waals surface area contributed by atoms with Crippen LogP contribution in [-0.2, 0) is 13.1 Å². The van der Waals surface area contributed by atoms with Gasteiger partial charge in [0.25, 0.3) is 5.22 Å². The molecule has 3 rings (SSSR count). The van der Waals surface area contributed by atoms with E-state index in [1.807, 2.05) is 17.6 Å². The van der Waals surface area contributed by atoms with E-state index >= 15 is 0 Å². The Morgan fingerprint density at radius 2 is 2.24 bits per heavy atom. The Morgan fingerprint density at radius 1 is 1.36 bits per heavy atom. The Labute approximate surface area is 149 Å². The third kappa shape index (κ3) is 4.30. The van der Waals surface area contributed by atoms with Crippen LogP contribution in [0.1, 0.15) is 26.1 Å². The summed E-state index contributed by atoms with van der Waals surface area (Å²) in [5.41, 5.74) is 2.07. The van der Waals surface area contributed by atoms with Gasteiger partial charge in [-0.2, -0.15) is 0 Å². The Kier molecular flexibility index (Phi) is 5.54. The summed E-state index contributed by atoms with van der Waals surface area (Å²) in [4.78, 5) is 16.5. The van der Waals surface area contributed by atoms with Crippen molar-refractivity contribution in [2.75, 3.05) is 11.1 Å². The van der Waals surface area contributed by atoms with Crippen LogP contribution in [0.2, 0.25) is 0 Å². The van der Waals surface area contributed by atoms with E-state index in [0.717, 1.165) is 30.1 Å². The number of fused-ring (bicyclic) bond motifs is 1. The first-order chi connectivity index (χ1) is 12.2. The van der Waals surface area contributed by atoms with E-state index < -0.39 is 0 Å². The molecule has 0 spiro atoms. The number of urea groups is 1. The largest absolute Gasteiger partial charge is 0.431 e. The van der Waals surface area contributed by atoms with Gasteiger partial charge in [0.1, 0.15) is 11.8 Å². The number of thioether (sulfide) groups is 1. The summed E-state index contributed by atoms with van der Waals surface area (Å²) >= 11 is 1.54. The first-order valence-electron chi connectivity index (χ1n) is 8.14. The van der Waals surface area contributed by atoms with E-state index in [0.29, 0.717) is 23.0 Å². The molecular weight excluding hydrogens is 340 g/mol. The molecule has 1 aromatic carbocycles. The average molecular weight is 360 g/mol. The molecule has 0 aliphatic rings. The normalized spacial score (nSPS) is 11.0. The van der Waals surface area contributed by atoms with Crippen LogP contribution in [0.3, 0.4) is 0 Å². The SMILES string of the molecule is CCCn1cnnc1CNC(=O)Nc1ccc2nc(SCC)oc2c1. The molecule has 0 unspecified atom stereocenters. The fraction of sp³-hybridized carbons (Fsp3) is 0.375. The molecule has 2 amide bonds. The quantitative estimate of drug-likeness (QED) is 0.628. The number of hydrogen-bond acceptors (Lipinski definition) is 6. The van der Waals surface area contributed by atoms with Gasteiger partial charge in [-0.25, -0.2) is 9.78 Å². The lowest BCUT2D eigenvalue weighted by atomic mass is 10.3. The maximum atomic E-state index is 12.1. The average Bonchev–Trinajstić information content (AvgIpc) is 3.19. The third-order valence-electron chi connectivity index (χ3n) is 3.46. The van der Waals surface area contributed by atoms with Crippen LogP contribution in [0.4, 0.5) is 10.5 Å². The van der Waals surface area contributed by atoms with Crippen LogP contribution in [-0.4, -0.2) is 31.5 Å². The number of nitrogens with one attached hydrogen (secondary N) is 2. The smallest absolute Gasteiger partial charge is 0.319 e. The Balaban J connectivity index is 1.60. The number of carbonyl (C=O) groups is 1. The van der Waals surface area contributed by atoms with Crippen LogP contribution >= 0.6 is 11.8 Å². The molecule has 2 heterocycles. The lowest BCUT2D eigenvalue weighted by molar-refractivity contribution is 0.251. The predicted molar refractivity (Wildman–Crippen MR) is 96.6 cm³/mol. The molecule has 0 radical (unpaired) electrons. The molecule has 132 valence electrons. The summed E-state index contributed by atoms with van der Waals surface area (Å²) in [7, 11) is 0. The number of oxazole rings is 1. The van der Waals surface area contributed by atoms with Crippen molar-refractivity contribution < 1.29 is 9.21 Å². The van der Waals surface area contributed by atoms with Crippen LogP contribution in [0.25, 0.3) is 11.1 Å². The van der Waals surface area contributed by atoms with Gasteiger partial charge in [-0.05, 0) is 24.3 Å². The maximum Gasteiger partial charge on any atom is 0.319 e. The molecule has 8 nitrogen and oxygen atoms in total. The van der Waals surface area contributed by atoms with Crippen molar-refractivity contribution in [1.29, 1.82) is 0 Å². The molecule has 0 aliphatic heterocycles. The van der Waals surface area contributed by atoms with E-state index in [1.165, 1.54) is 11.8 Å². The van der Waals surface area contributed by atoms with E-state index in [2.05, 4.69) is 32.7 Å². The van der Waals surface area contributed by atoms with Gasteiger partial charge in [-0.1, -0.05) is 25.6 Å². The zero-order valence-electron chi connectivity index (χ0n) is 14.2. The highest BCUT2D eigenvalue weighted by Crippen LogP contribution is 2.25. The van der Waals surface area contributed by atoms with Crippen molar-refractivity contribution in [2.45, 2.75) is 38.6 Å². The van der Waals surface area contributed by atoms with Gasteiger partial charge in [-0.15, -0.1) is 10.2 Å². The number of rotatable bonds is 7. The zero-order chi connectivity index (χ0) is 17.6. The van der Waals surface area contributed by atoms with E-state index in [9.17, 15) is 4.79 Å².